The van der Waals surface area contributed by atoms with Gasteiger partial charge in [0.2, 0.25) is 5.91 Å². The molecule has 2 heterocycles. The van der Waals surface area contributed by atoms with Crippen LogP contribution in [0.25, 0.3) is 10.9 Å². The largest absolute Gasteiger partial charge is 0.347 e. The Hall–Kier alpha value is -2.50. The number of nitrogens with zero attached hydrogens (tertiary/aromatic N) is 2. The molecule has 214 valence electrons. The quantitative estimate of drug-likeness (QED) is 0.311. The molecule has 1 aliphatic heterocycles. The molecule has 0 radical (unpaired) electrons. The fourth-order valence-corrected chi connectivity index (χ4v) is 7.26. The molecule has 3 nitrogen and oxygen atoms in total. The van der Waals surface area contributed by atoms with Gasteiger partial charge in [-0.15, -0.1) is 11.8 Å². The van der Waals surface area contributed by atoms with Crippen molar-refractivity contribution in [2.24, 2.45) is 13.0 Å². The van der Waals surface area contributed by atoms with Crippen LogP contribution in [0.3, 0.4) is 0 Å². The second-order valence-electron chi connectivity index (χ2n) is 10.8. The van der Waals surface area contributed by atoms with E-state index < -0.39 is 0 Å². The maximum atomic E-state index is 13.7. The van der Waals surface area contributed by atoms with Gasteiger partial charge in [-0.3, -0.25) is 4.79 Å². The van der Waals surface area contributed by atoms with Crippen LogP contribution in [0.4, 0.5) is 0 Å². The summed E-state index contributed by atoms with van der Waals surface area (Å²) in [6.07, 6.45) is 14.0. The van der Waals surface area contributed by atoms with E-state index in [9.17, 15) is 4.79 Å². The topological polar surface area (TPSA) is 25.2 Å². The Morgan fingerprint density at radius 3 is 2.50 bits per heavy atom. The van der Waals surface area contributed by atoms with Crippen LogP contribution in [0.1, 0.15) is 73.4 Å². The van der Waals surface area contributed by atoms with Crippen molar-refractivity contribution in [1.82, 2.24) is 9.47 Å². The number of aromatic nitrogens is 1. The van der Waals surface area contributed by atoms with Gasteiger partial charge in [-0.2, -0.15) is 0 Å². The Labute approximate surface area is 254 Å². The lowest BCUT2D eigenvalue weighted by Crippen LogP contribution is -2.33. The first-order valence-corrected chi connectivity index (χ1v) is 15.9. The number of hydrogen-bond donors (Lipinski definition) is 0. The minimum atomic E-state index is -0.219. The fourth-order valence-electron chi connectivity index (χ4n) is 5.60. The minimum absolute atomic E-state index is 0.105. The van der Waals surface area contributed by atoms with Gasteiger partial charge >= 0.3 is 0 Å². The number of amides is 1. The highest BCUT2D eigenvalue weighted by molar-refractivity contribution is 9.10. The molecule has 0 saturated carbocycles. The monoisotopic (exact) mass is 620 g/mol. The highest BCUT2D eigenvalue weighted by atomic mass is 79.9. The number of hydrogen-bond acceptors (Lipinski definition) is 2. The summed E-state index contributed by atoms with van der Waals surface area (Å²) in [6.45, 7) is 17.3. The van der Waals surface area contributed by atoms with Gasteiger partial charge in [0, 0.05) is 52.7 Å². The molecule has 3 rings (SSSR count). The molecule has 1 aromatic heterocycles. The predicted molar refractivity (Wildman–Crippen MR) is 180 cm³/mol. The Morgan fingerprint density at radius 2 is 1.85 bits per heavy atom. The van der Waals surface area contributed by atoms with Crippen molar-refractivity contribution in [3.05, 3.63) is 104 Å². The van der Waals surface area contributed by atoms with Crippen molar-refractivity contribution in [2.45, 2.75) is 73.0 Å². The van der Waals surface area contributed by atoms with E-state index in [-0.39, 0.29) is 23.0 Å². The molecule has 0 N–H and O–H groups in total. The number of carbonyl (C=O) groups is 1. The fraction of sp³-hybridized carbons (Fsp3) is 0.400. The highest BCUT2D eigenvalue weighted by Gasteiger charge is 2.28. The van der Waals surface area contributed by atoms with Crippen LogP contribution in [-0.2, 0) is 11.8 Å². The van der Waals surface area contributed by atoms with Crippen LogP contribution < -0.4 is 0 Å². The predicted octanol–water partition coefficient (Wildman–Crippen LogP) is 10.2. The Kier molecular flexibility index (Phi) is 11.1. The average molecular weight is 622 g/mol. The number of carbonyl (C=O) groups excluding carboxylic acids is 1. The molecule has 5 heteroatoms. The van der Waals surface area contributed by atoms with Crippen molar-refractivity contribution in [1.29, 1.82) is 0 Å². The van der Waals surface area contributed by atoms with Crippen molar-refractivity contribution in [2.75, 3.05) is 7.05 Å². The molecule has 0 spiro atoms. The summed E-state index contributed by atoms with van der Waals surface area (Å²) in [5, 5.41) is 1.01. The van der Waals surface area contributed by atoms with Gasteiger partial charge in [-0.1, -0.05) is 72.7 Å². The zero-order valence-electron chi connectivity index (χ0n) is 25.8. The van der Waals surface area contributed by atoms with E-state index in [4.69, 9.17) is 0 Å². The number of aryl methyl sites for hydroxylation is 1. The van der Waals surface area contributed by atoms with E-state index in [2.05, 4.69) is 130 Å². The van der Waals surface area contributed by atoms with Crippen molar-refractivity contribution in [3.8, 4) is 0 Å². The van der Waals surface area contributed by atoms with Crippen LogP contribution in [0, 0.1) is 5.92 Å². The van der Waals surface area contributed by atoms with E-state index in [0.29, 0.717) is 0 Å². The SMILES string of the molecule is C\C=C(C)/C=C\C1=C(C)\C=C\C(=C\CC)C(C)/C(C(C)c2cc3cc(Br)ccc3n2C)=C(/C)SC(C)C(=O)N1C. The number of rotatable bonds is 5. The standard InChI is InChI=1S/C35H45BrN2OS/c1-11-13-28-16-15-23(4)31(18-14-22(3)12-2)38(10)35(39)27(8)40-26(7)34(24(28)5)25(6)33-21-29-20-30(36)17-19-32(29)37(33)9/h12-21,24-25,27H,11H2,1-10H3/b16-15+,18-14-,22-12-,28-13-,31-23-,34-26+. The van der Waals surface area contributed by atoms with Crippen molar-refractivity contribution < 1.29 is 4.79 Å². The number of fused-ring (bicyclic) bond motifs is 1. The van der Waals surface area contributed by atoms with Crippen molar-refractivity contribution in [3.63, 3.8) is 0 Å². The van der Waals surface area contributed by atoms with Crippen LogP contribution in [0.5, 0.6) is 0 Å². The second kappa shape index (κ2) is 13.9. The molecule has 2 aromatic rings. The summed E-state index contributed by atoms with van der Waals surface area (Å²) < 4.78 is 3.41. The molecule has 1 aliphatic rings. The third-order valence-corrected chi connectivity index (χ3v) is 9.68. The smallest absolute Gasteiger partial charge is 0.239 e. The van der Waals surface area contributed by atoms with E-state index in [1.54, 1.807) is 11.8 Å². The summed E-state index contributed by atoms with van der Waals surface area (Å²) in [6, 6.07) is 8.78. The molecule has 0 saturated heterocycles. The van der Waals surface area contributed by atoms with Gasteiger partial charge in [0.15, 0.2) is 0 Å². The van der Waals surface area contributed by atoms with Crippen LogP contribution >= 0.6 is 27.7 Å². The summed E-state index contributed by atoms with van der Waals surface area (Å²) in [4.78, 5) is 16.8. The number of halogens is 1. The molecule has 0 aliphatic carbocycles. The zero-order valence-corrected chi connectivity index (χ0v) is 28.2. The van der Waals surface area contributed by atoms with Gasteiger partial charge in [-0.05, 0) is 93.0 Å². The summed E-state index contributed by atoms with van der Waals surface area (Å²) >= 11 is 5.33. The molecule has 40 heavy (non-hydrogen) atoms. The van der Waals surface area contributed by atoms with Crippen molar-refractivity contribution >= 4 is 44.5 Å². The summed E-state index contributed by atoms with van der Waals surface area (Å²) in [7, 11) is 4.06. The first-order valence-electron chi connectivity index (χ1n) is 14.2. The van der Waals surface area contributed by atoms with Gasteiger partial charge in [0.1, 0.15) is 0 Å². The van der Waals surface area contributed by atoms with E-state index in [0.717, 1.165) is 27.7 Å². The molecule has 3 atom stereocenters. The van der Waals surface area contributed by atoms with E-state index in [1.807, 2.05) is 25.8 Å². The molecule has 0 fully saturated rings. The van der Waals surface area contributed by atoms with E-state index >= 15 is 0 Å². The van der Waals surface area contributed by atoms with Crippen LogP contribution in [0.2, 0.25) is 0 Å². The normalized spacial score (nSPS) is 26.5. The number of likely N-dealkylation sites (N-methyl/N-ethyl adjacent to an activating group) is 1. The maximum absolute atomic E-state index is 13.7. The Balaban J connectivity index is 2.21. The Bertz CT molecular complexity index is 1450. The average Bonchev–Trinajstić information content (AvgIpc) is 3.24. The first kappa shape index (κ1) is 32.0. The summed E-state index contributed by atoms with van der Waals surface area (Å²) in [5.41, 5.74) is 8.33. The first-order chi connectivity index (χ1) is 18.9. The third-order valence-electron chi connectivity index (χ3n) is 8.05. The lowest BCUT2D eigenvalue weighted by molar-refractivity contribution is -0.127. The second-order valence-corrected chi connectivity index (χ2v) is 13.3. The van der Waals surface area contributed by atoms with Crippen LogP contribution in [0.15, 0.2) is 98.1 Å². The van der Waals surface area contributed by atoms with Crippen LogP contribution in [-0.4, -0.2) is 27.7 Å². The lowest BCUT2D eigenvalue weighted by atomic mass is 9.82. The van der Waals surface area contributed by atoms with Gasteiger partial charge in [0.25, 0.3) is 0 Å². The van der Waals surface area contributed by atoms with E-state index in [1.165, 1.54) is 32.6 Å². The zero-order chi connectivity index (χ0) is 29.7. The third kappa shape index (κ3) is 7.03. The lowest BCUT2D eigenvalue weighted by Gasteiger charge is -2.29. The minimum Gasteiger partial charge on any atom is -0.347 e. The Morgan fingerprint density at radius 1 is 1.15 bits per heavy atom. The number of thioether (sulfide) groups is 1. The maximum Gasteiger partial charge on any atom is 0.239 e. The van der Waals surface area contributed by atoms with Gasteiger partial charge < -0.3 is 9.47 Å². The van der Waals surface area contributed by atoms with Gasteiger partial charge in [0.05, 0.1) is 5.25 Å². The van der Waals surface area contributed by atoms with Gasteiger partial charge in [-0.25, -0.2) is 0 Å². The molecule has 1 aromatic carbocycles. The number of allylic oxidation sites excluding steroid dienone is 11. The molecular formula is C35H45BrN2OS. The molecule has 1 amide bonds. The molecule has 3 unspecified atom stereocenters. The summed E-state index contributed by atoms with van der Waals surface area (Å²) in [5.74, 6) is 0.475. The highest BCUT2D eigenvalue weighted by Crippen LogP contribution is 2.42. The number of benzene rings is 1. The molecule has 0 bridgehead atoms. The molecular weight excluding hydrogens is 576 g/mol.